The van der Waals surface area contributed by atoms with Crippen molar-refractivity contribution in [2.24, 2.45) is 5.16 Å². The van der Waals surface area contributed by atoms with Crippen LogP contribution in [0.1, 0.15) is 67.9 Å². The van der Waals surface area contributed by atoms with Crippen LogP contribution < -0.4 is 0 Å². The number of unbranched alkanes of at least 4 members (excludes halogenated alkanes) is 3. The molecule has 5 nitrogen and oxygen atoms in total. The summed E-state index contributed by atoms with van der Waals surface area (Å²) in [5, 5.41) is 8.23. The van der Waals surface area contributed by atoms with E-state index in [9.17, 15) is 9.59 Å². The number of rotatable bonds is 9. The highest BCUT2D eigenvalue weighted by Gasteiger charge is 2.16. The number of benzene rings is 4. The van der Waals surface area contributed by atoms with Gasteiger partial charge in [-0.05, 0) is 66.1 Å². The normalized spacial score (nSPS) is 11.9. The summed E-state index contributed by atoms with van der Waals surface area (Å²) < 4.78 is 2.35. The summed E-state index contributed by atoms with van der Waals surface area (Å²) in [5.74, 6) is -0.448. The first-order chi connectivity index (χ1) is 18.5. The number of carbonyl (C=O) groups is 2. The molecule has 5 aromatic rings. The Hall–Kier alpha value is -4.25. The highest BCUT2D eigenvalue weighted by atomic mass is 16.7. The number of hydrogen-bond donors (Lipinski definition) is 0. The summed E-state index contributed by atoms with van der Waals surface area (Å²) in [4.78, 5) is 29.7. The second-order valence-corrected chi connectivity index (χ2v) is 9.83. The average Bonchev–Trinajstić information content (AvgIpc) is 3.25. The molecular formula is C33H32N2O3. The molecule has 5 rings (SSSR count). The molecule has 0 aliphatic heterocycles. The van der Waals surface area contributed by atoms with Gasteiger partial charge in [0.1, 0.15) is 0 Å². The topological polar surface area (TPSA) is 60.7 Å². The molecule has 38 heavy (non-hydrogen) atoms. The monoisotopic (exact) mass is 504 g/mol. The van der Waals surface area contributed by atoms with Crippen LogP contribution in [-0.2, 0) is 16.2 Å². The first-order valence-corrected chi connectivity index (χ1v) is 13.3. The number of carbonyl (C=O) groups excluding carboxylic acids is 2. The molecular weight excluding hydrogens is 472 g/mol. The predicted molar refractivity (Wildman–Crippen MR) is 155 cm³/mol. The van der Waals surface area contributed by atoms with Crippen molar-refractivity contribution >= 4 is 50.0 Å². The molecule has 0 N–H and O–H groups in total. The van der Waals surface area contributed by atoms with E-state index in [4.69, 9.17) is 4.84 Å². The quantitative estimate of drug-likeness (QED) is 0.0671. The molecule has 1 aromatic heterocycles. The van der Waals surface area contributed by atoms with Gasteiger partial charge in [-0.25, -0.2) is 4.79 Å². The van der Waals surface area contributed by atoms with E-state index in [1.54, 1.807) is 0 Å². The highest BCUT2D eigenvalue weighted by molar-refractivity contribution is 6.16. The van der Waals surface area contributed by atoms with Crippen molar-refractivity contribution in [2.45, 2.75) is 53.0 Å². The maximum Gasteiger partial charge on any atom is 0.331 e. The SMILES string of the molecule is CCCCCCn1c2ccc(C(=O)c3ccc4ccccc4c3)cc2c2cc(/C(C)=N/OC(C)=O)ccc21. The van der Waals surface area contributed by atoms with Gasteiger partial charge in [0.15, 0.2) is 5.78 Å². The molecule has 0 bridgehead atoms. The summed E-state index contributed by atoms with van der Waals surface area (Å²) in [6.45, 7) is 6.29. The lowest BCUT2D eigenvalue weighted by atomic mass is 9.98. The number of ketones is 1. The summed E-state index contributed by atoms with van der Waals surface area (Å²) >= 11 is 0. The number of aryl methyl sites for hydroxylation is 1. The third kappa shape index (κ3) is 5.10. The van der Waals surface area contributed by atoms with Gasteiger partial charge in [0.05, 0.1) is 5.71 Å². The molecule has 0 aliphatic carbocycles. The van der Waals surface area contributed by atoms with Crippen molar-refractivity contribution in [1.29, 1.82) is 0 Å². The zero-order chi connectivity index (χ0) is 26.6. The molecule has 0 atom stereocenters. The van der Waals surface area contributed by atoms with E-state index in [0.29, 0.717) is 16.8 Å². The fourth-order valence-electron chi connectivity index (χ4n) is 5.09. The Kier molecular flexibility index (Phi) is 7.36. The van der Waals surface area contributed by atoms with Crippen molar-refractivity contribution in [3.8, 4) is 0 Å². The Morgan fingerprint density at radius 2 is 1.37 bits per heavy atom. The van der Waals surface area contributed by atoms with Gasteiger partial charge in [0.25, 0.3) is 0 Å². The third-order valence-electron chi connectivity index (χ3n) is 7.10. The fourth-order valence-corrected chi connectivity index (χ4v) is 5.09. The van der Waals surface area contributed by atoms with E-state index >= 15 is 0 Å². The zero-order valence-corrected chi connectivity index (χ0v) is 22.2. The molecule has 0 unspecified atom stereocenters. The van der Waals surface area contributed by atoms with E-state index in [2.05, 4.69) is 40.9 Å². The van der Waals surface area contributed by atoms with Crippen molar-refractivity contribution in [3.63, 3.8) is 0 Å². The Morgan fingerprint density at radius 1 is 0.737 bits per heavy atom. The second kappa shape index (κ2) is 11.0. The Balaban J connectivity index is 1.60. The van der Waals surface area contributed by atoms with Crippen molar-refractivity contribution in [2.75, 3.05) is 0 Å². The van der Waals surface area contributed by atoms with Crippen LogP contribution in [0.5, 0.6) is 0 Å². The number of fused-ring (bicyclic) bond motifs is 4. The lowest BCUT2D eigenvalue weighted by molar-refractivity contribution is -0.140. The smallest absolute Gasteiger partial charge is 0.331 e. The Bertz CT molecular complexity index is 1690. The Morgan fingerprint density at radius 3 is 2.08 bits per heavy atom. The summed E-state index contributed by atoms with van der Waals surface area (Å²) in [6.07, 6.45) is 4.69. The molecule has 0 amide bonds. The van der Waals surface area contributed by atoms with Gasteiger partial charge >= 0.3 is 5.97 Å². The number of nitrogens with zero attached hydrogens (tertiary/aromatic N) is 2. The minimum absolute atomic E-state index is 0.00487. The largest absolute Gasteiger partial charge is 0.340 e. The number of oxime groups is 1. The van der Waals surface area contributed by atoms with Gasteiger partial charge in [0, 0.05) is 46.4 Å². The van der Waals surface area contributed by atoms with Gasteiger partial charge in [-0.15, -0.1) is 0 Å². The van der Waals surface area contributed by atoms with Crippen LogP contribution in [0.4, 0.5) is 0 Å². The lowest BCUT2D eigenvalue weighted by Gasteiger charge is -2.08. The first-order valence-electron chi connectivity index (χ1n) is 13.3. The van der Waals surface area contributed by atoms with E-state index in [0.717, 1.165) is 51.1 Å². The van der Waals surface area contributed by atoms with Crippen LogP contribution in [0.15, 0.2) is 84.0 Å². The standard InChI is InChI=1S/C33H32N2O3/c1-4-5-6-9-18-35-31-16-14-25(22(2)34-38-23(3)36)20-29(31)30-21-28(15-17-32(30)35)33(37)27-13-12-24-10-7-8-11-26(24)19-27/h7-8,10-17,19-21H,4-6,9,18H2,1-3H3/b34-22+. The number of hydrogen-bond acceptors (Lipinski definition) is 4. The van der Waals surface area contributed by atoms with E-state index in [1.165, 1.54) is 26.2 Å². The highest BCUT2D eigenvalue weighted by Crippen LogP contribution is 2.32. The zero-order valence-electron chi connectivity index (χ0n) is 22.2. The van der Waals surface area contributed by atoms with Gasteiger partial charge in [-0.2, -0.15) is 0 Å². The van der Waals surface area contributed by atoms with Crippen LogP contribution >= 0.6 is 0 Å². The van der Waals surface area contributed by atoms with E-state index in [1.807, 2.05) is 61.5 Å². The van der Waals surface area contributed by atoms with Gasteiger partial charge in [-0.1, -0.05) is 73.8 Å². The van der Waals surface area contributed by atoms with Crippen molar-refractivity contribution in [3.05, 3.63) is 95.6 Å². The third-order valence-corrected chi connectivity index (χ3v) is 7.10. The van der Waals surface area contributed by atoms with Crippen LogP contribution in [0, 0.1) is 0 Å². The molecule has 0 fully saturated rings. The second-order valence-electron chi connectivity index (χ2n) is 9.83. The van der Waals surface area contributed by atoms with E-state index in [-0.39, 0.29) is 5.78 Å². The van der Waals surface area contributed by atoms with Gasteiger partial charge in [0.2, 0.25) is 0 Å². The molecule has 0 saturated carbocycles. The molecule has 0 spiro atoms. The molecule has 192 valence electrons. The van der Waals surface area contributed by atoms with Crippen molar-refractivity contribution < 1.29 is 14.4 Å². The average molecular weight is 505 g/mol. The molecule has 4 aromatic carbocycles. The maximum absolute atomic E-state index is 13.6. The minimum Gasteiger partial charge on any atom is -0.340 e. The molecule has 0 radical (unpaired) electrons. The van der Waals surface area contributed by atoms with Gasteiger partial charge in [-0.3, -0.25) is 4.79 Å². The molecule has 0 aliphatic rings. The van der Waals surface area contributed by atoms with Crippen LogP contribution in [0.3, 0.4) is 0 Å². The predicted octanol–water partition coefficient (Wildman–Crippen LogP) is 8.05. The van der Waals surface area contributed by atoms with Crippen LogP contribution in [0.25, 0.3) is 32.6 Å². The van der Waals surface area contributed by atoms with Gasteiger partial charge < -0.3 is 9.40 Å². The maximum atomic E-state index is 13.6. The molecule has 0 saturated heterocycles. The fraction of sp³-hybridized carbons (Fsp3) is 0.242. The van der Waals surface area contributed by atoms with Crippen LogP contribution in [0.2, 0.25) is 0 Å². The summed E-state index contributed by atoms with van der Waals surface area (Å²) in [5.41, 5.74) is 5.06. The lowest BCUT2D eigenvalue weighted by Crippen LogP contribution is -2.02. The molecule has 5 heteroatoms. The van der Waals surface area contributed by atoms with Crippen LogP contribution in [-0.4, -0.2) is 22.0 Å². The van der Waals surface area contributed by atoms with Crippen molar-refractivity contribution in [1.82, 2.24) is 4.57 Å². The minimum atomic E-state index is -0.453. The summed E-state index contributed by atoms with van der Waals surface area (Å²) in [6, 6.07) is 26.1. The molecule has 1 heterocycles. The van der Waals surface area contributed by atoms with E-state index < -0.39 is 5.97 Å². The summed E-state index contributed by atoms with van der Waals surface area (Å²) in [7, 11) is 0. The first kappa shape index (κ1) is 25.4. The Labute approximate surface area is 222 Å². The number of aromatic nitrogens is 1.